The van der Waals surface area contributed by atoms with Crippen LogP contribution in [0.5, 0.6) is 0 Å². The first-order valence-electron chi connectivity index (χ1n) is 15.0. The molecule has 0 aliphatic carbocycles. The summed E-state index contributed by atoms with van der Waals surface area (Å²) < 4.78 is 29.7. The summed E-state index contributed by atoms with van der Waals surface area (Å²) in [6, 6.07) is 0. The Hall–Kier alpha value is 0.110. The summed E-state index contributed by atoms with van der Waals surface area (Å²) in [6.45, 7) is 15.0. The van der Waals surface area contributed by atoms with E-state index in [1.165, 1.54) is 63.5 Å². The minimum Gasteiger partial charge on any atom is -0.385 e. The average molecular weight is 571 g/mol. The van der Waals surface area contributed by atoms with Crippen LogP contribution >= 0.6 is 11.8 Å². The molecule has 0 radical (unpaired) electrons. The molecule has 0 aromatic carbocycles. The van der Waals surface area contributed by atoms with Gasteiger partial charge in [0.2, 0.25) is 0 Å². The Morgan fingerprint density at radius 2 is 1.29 bits per heavy atom. The molecule has 0 amide bonds. The van der Waals surface area contributed by atoms with Crippen LogP contribution in [0, 0.1) is 5.92 Å². The molecule has 0 spiro atoms. The molecule has 236 valence electrons. The molecule has 0 N–H and O–H groups in total. The van der Waals surface area contributed by atoms with Crippen molar-refractivity contribution in [3.8, 4) is 0 Å². The van der Waals surface area contributed by atoms with E-state index in [2.05, 4.69) is 40.9 Å². The van der Waals surface area contributed by atoms with E-state index in [4.69, 9.17) is 28.4 Å². The first-order chi connectivity index (χ1) is 18.4. The minimum absolute atomic E-state index is 0.356. The number of unbranched alkanes of at least 4 members (excludes halogenated alkanes) is 6. The SMILES string of the molecule is CCC(C)OC.CCCCOC.CCCOC.COCC1OCCC1C.COCCCCCCCCSC. The van der Waals surface area contributed by atoms with Crippen LogP contribution in [-0.4, -0.2) is 92.8 Å². The van der Waals surface area contributed by atoms with E-state index in [1.54, 1.807) is 35.5 Å². The fourth-order valence-electron chi connectivity index (χ4n) is 2.99. The highest BCUT2D eigenvalue weighted by atomic mass is 32.2. The Kier molecular flexibility index (Phi) is 52.4. The van der Waals surface area contributed by atoms with Gasteiger partial charge >= 0.3 is 0 Å². The maximum absolute atomic E-state index is 5.38. The Morgan fingerprint density at radius 1 is 0.737 bits per heavy atom. The van der Waals surface area contributed by atoms with Gasteiger partial charge in [-0.05, 0) is 63.4 Å². The van der Waals surface area contributed by atoms with Gasteiger partial charge in [-0.15, -0.1) is 0 Å². The van der Waals surface area contributed by atoms with Crippen molar-refractivity contribution in [2.45, 2.75) is 117 Å². The van der Waals surface area contributed by atoms with Gasteiger partial charge in [0.1, 0.15) is 0 Å². The van der Waals surface area contributed by atoms with Crippen LogP contribution in [0.4, 0.5) is 0 Å². The van der Waals surface area contributed by atoms with E-state index in [1.807, 2.05) is 11.8 Å². The van der Waals surface area contributed by atoms with Crippen LogP contribution in [0.15, 0.2) is 0 Å². The summed E-state index contributed by atoms with van der Waals surface area (Å²) in [6.07, 6.45) is 17.0. The van der Waals surface area contributed by atoms with Crippen molar-refractivity contribution < 1.29 is 28.4 Å². The van der Waals surface area contributed by atoms with E-state index in [-0.39, 0.29) is 0 Å². The van der Waals surface area contributed by atoms with Crippen LogP contribution in [0.1, 0.15) is 105 Å². The predicted octanol–water partition coefficient (Wildman–Crippen LogP) is 8.30. The highest BCUT2D eigenvalue weighted by Gasteiger charge is 2.23. The third kappa shape index (κ3) is 46.0. The maximum Gasteiger partial charge on any atom is 0.0834 e. The van der Waals surface area contributed by atoms with E-state index in [0.29, 0.717) is 18.1 Å². The second-order valence-corrected chi connectivity index (χ2v) is 10.5. The van der Waals surface area contributed by atoms with Crippen molar-refractivity contribution in [1.29, 1.82) is 0 Å². The molecule has 0 aromatic rings. The Morgan fingerprint density at radius 3 is 1.61 bits per heavy atom. The molecular formula is C31H70O6S. The number of rotatable bonds is 18. The molecular weight excluding hydrogens is 500 g/mol. The molecule has 1 aliphatic heterocycles. The van der Waals surface area contributed by atoms with Gasteiger partial charge in [0, 0.05) is 62.0 Å². The smallest absolute Gasteiger partial charge is 0.0834 e. The van der Waals surface area contributed by atoms with Crippen LogP contribution in [0.25, 0.3) is 0 Å². The molecule has 1 rings (SSSR count). The second-order valence-electron chi connectivity index (χ2n) is 9.53. The summed E-state index contributed by atoms with van der Waals surface area (Å²) in [5.74, 6) is 2.02. The molecule has 3 atom stereocenters. The second kappa shape index (κ2) is 44.1. The Bertz CT molecular complexity index is 343. The number of thioether (sulfide) groups is 1. The highest BCUT2D eigenvalue weighted by Crippen LogP contribution is 2.19. The monoisotopic (exact) mass is 570 g/mol. The first kappa shape index (κ1) is 45.1. The third-order valence-corrected chi connectivity index (χ3v) is 6.60. The van der Waals surface area contributed by atoms with Crippen molar-refractivity contribution in [2.75, 3.05) is 80.6 Å². The number of hydrogen-bond acceptors (Lipinski definition) is 7. The molecule has 3 unspecified atom stereocenters. The summed E-state index contributed by atoms with van der Waals surface area (Å²) >= 11 is 1.95. The minimum atomic E-state index is 0.356. The normalized spacial score (nSPS) is 16.5. The standard InChI is InChI=1S/C10H22OS.C7H14O2.2C5H12O.C4H10O/c1-11-9-7-5-3-4-6-8-10-12-2;1-6-3-4-9-7(6)5-8-2;1-4-5(2)6-3;1-3-4-5-6-2;1-3-4-5-2/h3-10H2,1-2H3;6-7H,3-5H2,1-2H3;5H,4H2,1-3H3;3-5H2,1-2H3;3-4H2,1-2H3. The van der Waals surface area contributed by atoms with Crippen molar-refractivity contribution in [3.05, 3.63) is 0 Å². The zero-order valence-corrected chi connectivity index (χ0v) is 28.4. The molecule has 0 aromatic heterocycles. The van der Waals surface area contributed by atoms with Gasteiger partial charge in [0.05, 0.1) is 18.8 Å². The number of hydrogen-bond donors (Lipinski definition) is 0. The van der Waals surface area contributed by atoms with Gasteiger partial charge in [-0.1, -0.05) is 59.8 Å². The predicted molar refractivity (Wildman–Crippen MR) is 169 cm³/mol. The highest BCUT2D eigenvalue weighted by molar-refractivity contribution is 7.98. The average Bonchev–Trinajstić information content (AvgIpc) is 3.34. The quantitative estimate of drug-likeness (QED) is 0.154. The Labute approximate surface area is 244 Å². The van der Waals surface area contributed by atoms with E-state index in [9.17, 15) is 0 Å². The number of ether oxygens (including phenoxy) is 6. The van der Waals surface area contributed by atoms with Gasteiger partial charge in [0.15, 0.2) is 0 Å². The molecule has 1 heterocycles. The molecule has 0 bridgehead atoms. The topological polar surface area (TPSA) is 55.4 Å². The van der Waals surface area contributed by atoms with Crippen molar-refractivity contribution in [1.82, 2.24) is 0 Å². The molecule has 6 nitrogen and oxygen atoms in total. The maximum atomic E-state index is 5.38. The van der Waals surface area contributed by atoms with E-state index >= 15 is 0 Å². The first-order valence-corrected chi connectivity index (χ1v) is 16.4. The van der Waals surface area contributed by atoms with Gasteiger partial charge in [0.25, 0.3) is 0 Å². The molecule has 1 aliphatic rings. The lowest BCUT2D eigenvalue weighted by Gasteiger charge is -2.11. The van der Waals surface area contributed by atoms with E-state index < -0.39 is 0 Å². The lowest BCUT2D eigenvalue weighted by molar-refractivity contribution is 0.0234. The summed E-state index contributed by atoms with van der Waals surface area (Å²) in [7, 11) is 8.67. The zero-order chi connectivity index (χ0) is 29.7. The molecule has 1 fully saturated rings. The van der Waals surface area contributed by atoms with Crippen molar-refractivity contribution >= 4 is 11.8 Å². The zero-order valence-electron chi connectivity index (χ0n) is 27.6. The third-order valence-electron chi connectivity index (χ3n) is 5.91. The lowest BCUT2D eigenvalue weighted by Crippen LogP contribution is -2.19. The van der Waals surface area contributed by atoms with Crippen molar-refractivity contribution in [2.24, 2.45) is 5.92 Å². The van der Waals surface area contributed by atoms with E-state index in [0.717, 1.165) is 45.9 Å². The van der Waals surface area contributed by atoms with Crippen molar-refractivity contribution in [3.63, 3.8) is 0 Å². The molecule has 1 saturated heterocycles. The van der Waals surface area contributed by atoms with Crippen LogP contribution in [-0.2, 0) is 28.4 Å². The fraction of sp³-hybridized carbons (Fsp3) is 1.00. The van der Waals surface area contributed by atoms with Gasteiger partial charge in [-0.25, -0.2) is 0 Å². The molecule has 38 heavy (non-hydrogen) atoms. The lowest BCUT2D eigenvalue weighted by atomic mass is 10.1. The summed E-state index contributed by atoms with van der Waals surface area (Å²) in [5, 5.41) is 0. The van der Waals surface area contributed by atoms with Gasteiger partial charge < -0.3 is 28.4 Å². The van der Waals surface area contributed by atoms with Crippen LogP contribution in [0.2, 0.25) is 0 Å². The summed E-state index contributed by atoms with van der Waals surface area (Å²) in [5.41, 5.74) is 0. The van der Waals surface area contributed by atoms with Crippen LogP contribution < -0.4 is 0 Å². The largest absolute Gasteiger partial charge is 0.385 e. The number of methoxy groups -OCH3 is 5. The van der Waals surface area contributed by atoms with Gasteiger partial charge in [-0.3, -0.25) is 0 Å². The molecule has 7 heteroatoms. The fourth-order valence-corrected chi connectivity index (χ4v) is 3.48. The molecule has 0 saturated carbocycles. The summed E-state index contributed by atoms with van der Waals surface area (Å²) in [4.78, 5) is 0. The van der Waals surface area contributed by atoms with Gasteiger partial charge in [-0.2, -0.15) is 11.8 Å². The Balaban J connectivity index is -0.000000198. The van der Waals surface area contributed by atoms with Crippen LogP contribution in [0.3, 0.4) is 0 Å².